The van der Waals surface area contributed by atoms with Crippen molar-refractivity contribution in [2.24, 2.45) is 0 Å². The number of fused-ring (bicyclic) bond motifs is 1. The normalized spacial score (nSPS) is 12.5. The average molecular weight is 346 g/mol. The van der Waals surface area contributed by atoms with Gasteiger partial charge < -0.3 is 4.42 Å². The third kappa shape index (κ3) is 2.96. The Hall–Kier alpha value is -1.91. The summed E-state index contributed by atoms with van der Waals surface area (Å²) in [6.45, 7) is 4.32. The summed E-state index contributed by atoms with van der Waals surface area (Å²) in [5, 5.41) is 1.20. The zero-order valence-corrected chi connectivity index (χ0v) is 14.4. The van der Waals surface area contributed by atoms with Crippen molar-refractivity contribution in [1.29, 1.82) is 0 Å². The molecule has 1 unspecified atom stereocenters. The van der Waals surface area contributed by atoms with Crippen LogP contribution < -0.4 is 5.76 Å². The summed E-state index contributed by atoms with van der Waals surface area (Å²) in [7, 11) is 0. The molecule has 0 bridgehead atoms. The minimum atomic E-state index is -0.499. The van der Waals surface area contributed by atoms with E-state index in [-0.39, 0.29) is 0 Å². The quantitative estimate of drug-likeness (QED) is 0.589. The van der Waals surface area contributed by atoms with Crippen molar-refractivity contribution in [3.63, 3.8) is 0 Å². The molecule has 1 atom stereocenters. The highest BCUT2D eigenvalue weighted by Crippen LogP contribution is 2.23. The first kappa shape index (κ1) is 16.0. The van der Waals surface area contributed by atoms with E-state index in [2.05, 4.69) is 13.8 Å². The minimum absolute atomic E-state index is 0.398. The molecule has 0 saturated carbocycles. The van der Waals surface area contributed by atoms with Gasteiger partial charge in [0.2, 0.25) is 0 Å². The summed E-state index contributed by atoms with van der Waals surface area (Å²) in [5.74, 6) is -0.0232. The van der Waals surface area contributed by atoms with Gasteiger partial charge in [0.05, 0.1) is 11.1 Å². The molecule has 0 saturated heterocycles. The first-order valence-electron chi connectivity index (χ1n) is 7.47. The fraction of sp³-hybridized carbons (Fsp3) is 0.222. The Morgan fingerprint density at radius 1 is 1.22 bits per heavy atom. The molecule has 0 amide bonds. The van der Waals surface area contributed by atoms with Gasteiger partial charge in [-0.1, -0.05) is 49.8 Å². The van der Waals surface area contributed by atoms with Gasteiger partial charge in [0.1, 0.15) is 10.2 Å². The van der Waals surface area contributed by atoms with E-state index in [1.165, 1.54) is 10.1 Å². The van der Waals surface area contributed by atoms with Crippen LogP contribution in [0.1, 0.15) is 31.7 Å². The van der Waals surface area contributed by atoms with Crippen molar-refractivity contribution in [3.05, 3.63) is 68.2 Å². The number of benzene rings is 2. The van der Waals surface area contributed by atoms with Gasteiger partial charge >= 0.3 is 5.76 Å². The number of hydrogen-bond donors (Lipinski definition) is 0. The second-order valence-electron chi connectivity index (χ2n) is 5.55. The largest absolute Gasteiger partial charge is 0.425 e. The molecule has 2 aromatic carbocycles. The van der Waals surface area contributed by atoms with Crippen LogP contribution >= 0.6 is 23.8 Å². The Morgan fingerprint density at radius 3 is 2.57 bits per heavy atom. The lowest BCUT2D eigenvalue weighted by molar-refractivity contribution is 0.507. The molecule has 0 aliphatic carbocycles. The number of rotatable bonds is 3. The summed E-state index contributed by atoms with van der Waals surface area (Å²) in [4.78, 5) is 12.3. The number of nitrogens with zero attached hydrogens (tertiary/aromatic N) is 1. The van der Waals surface area contributed by atoms with E-state index in [1.54, 1.807) is 18.2 Å². The Morgan fingerprint density at radius 2 is 1.91 bits per heavy atom. The van der Waals surface area contributed by atoms with E-state index >= 15 is 0 Å². The molecule has 0 radical (unpaired) electrons. The van der Waals surface area contributed by atoms with Crippen molar-refractivity contribution < 1.29 is 4.42 Å². The van der Waals surface area contributed by atoms with Crippen LogP contribution in [0.25, 0.3) is 16.7 Å². The lowest BCUT2D eigenvalue weighted by Crippen LogP contribution is -2.18. The zero-order valence-electron chi connectivity index (χ0n) is 12.9. The molecule has 3 rings (SSSR count). The van der Waals surface area contributed by atoms with Gasteiger partial charge in [-0.2, -0.15) is 0 Å². The van der Waals surface area contributed by atoms with Crippen LogP contribution in [0.3, 0.4) is 0 Å². The molecule has 23 heavy (non-hydrogen) atoms. The maximum absolute atomic E-state index is 12.3. The summed E-state index contributed by atoms with van der Waals surface area (Å²) in [5.41, 5.74) is 2.37. The maximum atomic E-state index is 12.3. The third-order valence-electron chi connectivity index (χ3n) is 4.09. The van der Waals surface area contributed by atoms with Crippen molar-refractivity contribution in [2.75, 3.05) is 0 Å². The Labute approximate surface area is 144 Å². The van der Waals surface area contributed by atoms with E-state index in [0.29, 0.717) is 32.2 Å². The van der Waals surface area contributed by atoms with Crippen LogP contribution in [0.15, 0.2) is 51.7 Å². The predicted octanol–water partition coefficient (Wildman–Crippen LogP) is 5.48. The highest BCUT2D eigenvalue weighted by Gasteiger charge is 2.10. The Balaban J connectivity index is 2.20. The summed E-state index contributed by atoms with van der Waals surface area (Å²) >= 11 is 11.5. The molecule has 3 nitrogen and oxygen atoms in total. The molecule has 1 heterocycles. The van der Waals surface area contributed by atoms with Crippen LogP contribution in [0.5, 0.6) is 0 Å². The number of aromatic nitrogens is 1. The predicted molar refractivity (Wildman–Crippen MR) is 96.4 cm³/mol. The Bertz CT molecular complexity index is 973. The first-order valence-corrected chi connectivity index (χ1v) is 8.25. The van der Waals surface area contributed by atoms with E-state index in [4.69, 9.17) is 28.2 Å². The smallest absolute Gasteiger partial charge is 0.409 e. The van der Waals surface area contributed by atoms with Crippen molar-refractivity contribution in [2.45, 2.75) is 26.2 Å². The lowest BCUT2D eigenvalue weighted by Gasteiger charge is -2.11. The van der Waals surface area contributed by atoms with Gasteiger partial charge in [0.25, 0.3) is 0 Å². The number of hydrogen-bond acceptors (Lipinski definition) is 3. The van der Waals surface area contributed by atoms with E-state index in [0.717, 1.165) is 6.42 Å². The topological polar surface area (TPSA) is 35.1 Å². The summed E-state index contributed by atoms with van der Waals surface area (Å²) in [6, 6.07) is 12.9. The van der Waals surface area contributed by atoms with Crippen molar-refractivity contribution in [3.8, 4) is 5.69 Å². The molecule has 0 fully saturated rings. The van der Waals surface area contributed by atoms with Crippen LogP contribution in [0.4, 0.5) is 0 Å². The molecule has 0 aliphatic heterocycles. The van der Waals surface area contributed by atoms with Crippen LogP contribution in [-0.2, 0) is 0 Å². The van der Waals surface area contributed by atoms with E-state index in [9.17, 15) is 4.79 Å². The monoisotopic (exact) mass is 345 g/mol. The molecule has 1 aromatic heterocycles. The van der Waals surface area contributed by atoms with Crippen LogP contribution in [0.2, 0.25) is 5.02 Å². The van der Waals surface area contributed by atoms with Gasteiger partial charge in [-0.05, 0) is 48.2 Å². The number of halogens is 1. The van der Waals surface area contributed by atoms with Crippen LogP contribution in [0, 0.1) is 4.64 Å². The Kier molecular flexibility index (Phi) is 4.37. The zero-order chi connectivity index (χ0) is 16.6. The maximum Gasteiger partial charge on any atom is 0.425 e. The van der Waals surface area contributed by atoms with E-state index < -0.39 is 5.76 Å². The standard InChI is InChI=1S/C18H16ClNO2S/c1-3-11(2)12-4-7-14(8-5-12)20-17(23)15-10-13(19)6-9-16(15)22-18(20)21/h4-11H,3H2,1-2H3. The third-order valence-corrected chi connectivity index (χ3v) is 4.73. The summed E-state index contributed by atoms with van der Waals surface area (Å²) in [6.07, 6.45) is 1.06. The molecule has 118 valence electrons. The molecule has 3 aromatic rings. The molecule has 0 N–H and O–H groups in total. The van der Waals surface area contributed by atoms with Gasteiger partial charge in [-0.15, -0.1) is 0 Å². The van der Waals surface area contributed by atoms with Gasteiger partial charge in [0, 0.05) is 5.02 Å². The highest BCUT2D eigenvalue weighted by atomic mass is 35.5. The van der Waals surface area contributed by atoms with E-state index in [1.807, 2.05) is 24.3 Å². The van der Waals surface area contributed by atoms with Crippen LogP contribution in [-0.4, -0.2) is 4.57 Å². The average Bonchev–Trinajstić information content (AvgIpc) is 2.55. The molecular formula is C18H16ClNO2S. The molecule has 5 heteroatoms. The van der Waals surface area contributed by atoms with Crippen molar-refractivity contribution >= 4 is 34.8 Å². The SMILES string of the molecule is CCC(C)c1ccc(-n2c(=O)oc3ccc(Cl)cc3c2=S)cc1. The molecular weight excluding hydrogens is 330 g/mol. The second-order valence-corrected chi connectivity index (χ2v) is 6.37. The van der Waals surface area contributed by atoms with Crippen molar-refractivity contribution in [1.82, 2.24) is 4.57 Å². The summed E-state index contributed by atoms with van der Waals surface area (Å²) < 4.78 is 7.16. The lowest BCUT2D eigenvalue weighted by atomic mass is 9.99. The molecule has 0 aliphatic rings. The first-order chi connectivity index (χ1) is 11.0. The second kappa shape index (κ2) is 6.30. The van der Waals surface area contributed by atoms with Gasteiger partial charge in [-0.25, -0.2) is 9.36 Å². The fourth-order valence-electron chi connectivity index (χ4n) is 2.51. The minimum Gasteiger partial charge on any atom is -0.409 e. The highest BCUT2D eigenvalue weighted by molar-refractivity contribution is 7.71. The fourth-order valence-corrected chi connectivity index (χ4v) is 3.02. The van der Waals surface area contributed by atoms with Gasteiger partial charge in [0.15, 0.2) is 0 Å². The van der Waals surface area contributed by atoms with Gasteiger partial charge in [-0.3, -0.25) is 0 Å². The molecule has 0 spiro atoms.